The molecule has 0 aliphatic heterocycles. The number of hydrogen-bond acceptors (Lipinski definition) is 3. The van der Waals surface area contributed by atoms with E-state index in [0.717, 1.165) is 5.56 Å². The zero-order valence-corrected chi connectivity index (χ0v) is 13.7. The third-order valence-electron chi connectivity index (χ3n) is 2.72. The summed E-state index contributed by atoms with van der Waals surface area (Å²) in [6.45, 7) is 6.07. The third kappa shape index (κ3) is 3.96. The summed E-state index contributed by atoms with van der Waals surface area (Å²) in [6.07, 6.45) is 1.26. The van der Waals surface area contributed by atoms with Crippen molar-refractivity contribution < 1.29 is 13.2 Å². The van der Waals surface area contributed by atoms with Crippen molar-refractivity contribution in [3.63, 3.8) is 0 Å². The second-order valence-corrected chi connectivity index (χ2v) is 7.38. The monoisotopic (exact) mass is 298 g/mol. The molecule has 0 heterocycles. The molecule has 1 rings (SSSR count). The predicted octanol–water partition coefficient (Wildman–Crippen LogP) is 2.27. The Morgan fingerprint density at radius 3 is 2.30 bits per heavy atom. The Morgan fingerprint density at radius 2 is 1.85 bits per heavy atom. The van der Waals surface area contributed by atoms with Crippen LogP contribution in [0.25, 0.3) is 0 Å². The number of benzene rings is 1. The number of rotatable bonds is 4. The molecule has 1 aromatic carbocycles. The fourth-order valence-corrected chi connectivity index (χ4v) is 2.67. The highest BCUT2D eigenvalue weighted by Crippen LogP contribution is 2.31. The van der Waals surface area contributed by atoms with E-state index < -0.39 is 10.0 Å². The highest BCUT2D eigenvalue weighted by atomic mass is 32.2. The van der Waals surface area contributed by atoms with E-state index in [4.69, 9.17) is 4.74 Å². The molecule has 0 saturated heterocycles. The standard InChI is InChI=1S/C14H22N2O3S/c1-14(2,3)11-7-8-12(19-6)13(9-11)20(17,18)15-10-16(4)5/h7-10H,1-6H3. The Morgan fingerprint density at radius 1 is 1.25 bits per heavy atom. The molecule has 1 aromatic rings. The lowest BCUT2D eigenvalue weighted by atomic mass is 9.87. The summed E-state index contributed by atoms with van der Waals surface area (Å²) in [5.74, 6) is 0.300. The quantitative estimate of drug-likeness (QED) is 0.632. The van der Waals surface area contributed by atoms with E-state index in [9.17, 15) is 8.42 Å². The largest absolute Gasteiger partial charge is 0.495 e. The lowest BCUT2D eigenvalue weighted by Gasteiger charge is -2.20. The van der Waals surface area contributed by atoms with Gasteiger partial charge in [0.05, 0.1) is 7.11 Å². The fourth-order valence-electron chi connectivity index (χ4n) is 1.56. The first kappa shape index (κ1) is 16.5. The van der Waals surface area contributed by atoms with Crippen LogP contribution >= 0.6 is 0 Å². The van der Waals surface area contributed by atoms with Gasteiger partial charge in [-0.15, -0.1) is 4.40 Å². The van der Waals surface area contributed by atoms with Gasteiger partial charge in [0.15, 0.2) is 0 Å². The van der Waals surface area contributed by atoms with Gasteiger partial charge in [-0.3, -0.25) is 0 Å². The van der Waals surface area contributed by atoms with Crippen LogP contribution in [0.4, 0.5) is 0 Å². The van der Waals surface area contributed by atoms with E-state index in [-0.39, 0.29) is 10.3 Å². The molecular formula is C14H22N2O3S. The van der Waals surface area contributed by atoms with Gasteiger partial charge in [0.2, 0.25) is 0 Å². The van der Waals surface area contributed by atoms with Gasteiger partial charge in [-0.1, -0.05) is 26.8 Å². The molecule has 0 fully saturated rings. The van der Waals surface area contributed by atoms with E-state index in [1.807, 2.05) is 26.8 Å². The van der Waals surface area contributed by atoms with E-state index >= 15 is 0 Å². The SMILES string of the molecule is COc1ccc(C(C)(C)C)cc1S(=O)(=O)N=CN(C)C. The highest BCUT2D eigenvalue weighted by Gasteiger charge is 2.22. The van der Waals surface area contributed by atoms with Crippen LogP contribution < -0.4 is 4.74 Å². The van der Waals surface area contributed by atoms with Crippen LogP contribution in [-0.4, -0.2) is 40.9 Å². The molecule has 0 spiro atoms. The summed E-state index contributed by atoms with van der Waals surface area (Å²) in [4.78, 5) is 1.66. The molecule has 0 aliphatic carbocycles. The van der Waals surface area contributed by atoms with Gasteiger partial charge in [-0.25, -0.2) is 0 Å². The van der Waals surface area contributed by atoms with Crippen molar-refractivity contribution in [3.05, 3.63) is 23.8 Å². The fraction of sp³-hybridized carbons (Fsp3) is 0.500. The first-order valence-corrected chi connectivity index (χ1v) is 7.67. The van der Waals surface area contributed by atoms with E-state index in [1.54, 1.807) is 31.1 Å². The Kier molecular flexibility index (Phi) is 4.81. The van der Waals surface area contributed by atoms with Crippen molar-refractivity contribution in [3.8, 4) is 5.75 Å². The molecular weight excluding hydrogens is 276 g/mol. The van der Waals surface area contributed by atoms with Crippen molar-refractivity contribution in [2.75, 3.05) is 21.2 Å². The lowest BCUT2D eigenvalue weighted by molar-refractivity contribution is 0.402. The van der Waals surface area contributed by atoms with Crippen LogP contribution in [0.1, 0.15) is 26.3 Å². The van der Waals surface area contributed by atoms with Crippen LogP contribution in [0.15, 0.2) is 27.5 Å². The zero-order chi connectivity index (χ0) is 15.6. The molecule has 0 aliphatic rings. The molecule has 20 heavy (non-hydrogen) atoms. The maximum atomic E-state index is 12.3. The number of ether oxygens (including phenoxy) is 1. The highest BCUT2D eigenvalue weighted by molar-refractivity contribution is 7.90. The minimum absolute atomic E-state index is 0.0884. The minimum Gasteiger partial charge on any atom is -0.495 e. The van der Waals surface area contributed by atoms with Crippen LogP contribution in [0.5, 0.6) is 5.75 Å². The average molecular weight is 298 g/mol. The second kappa shape index (κ2) is 5.83. The van der Waals surface area contributed by atoms with Gasteiger partial charge < -0.3 is 9.64 Å². The van der Waals surface area contributed by atoms with Crippen LogP contribution in [0, 0.1) is 0 Å². The van der Waals surface area contributed by atoms with E-state index in [1.165, 1.54) is 13.4 Å². The maximum Gasteiger partial charge on any atom is 0.287 e. The summed E-state index contributed by atoms with van der Waals surface area (Å²) in [5, 5.41) is 0. The molecule has 5 nitrogen and oxygen atoms in total. The molecule has 0 radical (unpaired) electrons. The summed E-state index contributed by atoms with van der Waals surface area (Å²) >= 11 is 0. The normalized spacial score (nSPS) is 12.7. The van der Waals surface area contributed by atoms with Crippen LogP contribution in [0.2, 0.25) is 0 Å². The Labute approximate surface area is 121 Å². The number of nitrogens with zero attached hydrogens (tertiary/aromatic N) is 2. The molecule has 0 saturated carbocycles. The van der Waals surface area contributed by atoms with Crippen LogP contribution in [-0.2, 0) is 15.4 Å². The average Bonchev–Trinajstić information content (AvgIpc) is 2.34. The third-order valence-corrected chi connectivity index (χ3v) is 3.97. The molecule has 0 amide bonds. The second-order valence-electron chi connectivity index (χ2n) is 5.78. The number of sulfonamides is 1. The minimum atomic E-state index is -3.78. The Bertz CT molecular complexity index is 599. The number of hydrogen-bond donors (Lipinski definition) is 0. The van der Waals surface area contributed by atoms with E-state index in [0.29, 0.717) is 5.75 Å². The van der Waals surface area contributed by atoms with Gasteiger partial charge >= 0.3 is 0 Å². The van der Waals surface area contributed by atoms with Gasteiger partial charge in [0.25, 0.3) is 10.0 Å². The lowest BCUT2D eigenvalue weighted by Crippen LogP contribution is -2.14. The molecule has 112 valence electrons. The van der Waals surface area contributed by atoms with E-state index in [2.05, 4.69) is 4.40 Å². The smallest absolute Gasteiger partial charge is 0.287 e. The summed E-state index contributed by atoms with van der Waals surface area (Å²) in [6, 6.07) is 5.16. The summed E-state index contributed by atoms with van der Waals surface area (Å²) < 4.78 is 33.4. The van der Waals surface area contributed by atoms with Crippen LogP contribution in [0.3, 0.4) is 0 Å². The first-order chi connectivity index (χ1) is 9.08. The predicted molar refractivity (Wildman–Crippen MR) is 81.1 cm³/mol. The molecule has 0 N–H and O–H groups in total. The Hall–Kier alpha value is -1.56. The first-order valence-electron chi connectivity index (χ1n) is 6.23. The topological polar surface area (TPSA) is 59.0 Å². The summed E-state index contributed by atoms with van der Waals surface area (Å²) in [5.41, 5.74) is 0.763. The van der Waals surface area contributed by atoms with Crippen molar-refractivity contribution in [2.24, 2.45) is 4.40 Å². The van der Waals surface area contributed by atoms with Gasteiger partial charge in [0.1, 0.15) is 17.0 Å². The van der Waals surface area contributed by atoms with Gasteiger partial charge in [-0.05, 0) is 23.1 Å². The molecule has 0 unspecified atom stereocenters. The Balaban J connectivity index is 3.42. The summed E-state index contributed by atoms with van der Waals surface area (Å²) in [7, 11) is 1.09. The van der Waals surface area contributed by atoms with Gasteiger partial charge in [-0.2, -0.15) is 8.42 Å². The van der Waals surface area contributed by atoms with Gasteiger partial charge in [0, 0.05) is 14.1 Å². The van der Waals surface area contributed by atoms with Crippen molar-refractivity contribution in [2.45, 2.75) is 31.1 Å². The van der Waals surface area contributed by atoms with Crippen molar-refractivity contribution in [1.82, 2.24) is 4.90 Å². The van der Waals surface area contributed by atoms with Crippen molar-refractivity contribution in [1.29, 1.82) is 0 Å². The molecule has 0 aromatic heterocycles. The van der Waals surface area contributed by atoms with Crippen molar-refractivity contribution >= 4 is 16.4 Å². The molecule has 6 heteroatoms. The maximum absolute atomic E-state index is 12.3. The number of methoxy groups -OCH3 is 1. The molecule has 0 bridgehead atoms. The zero-order valence-electron chi connectivity index (χ0n) is 12.8. The molecule has 0 atom stereocenters.